The number of para-hydroxylation sites is 2. The van der Waals surface area contributed by atoms with Crippen molar-refractivity contribution in [3.05, 3.63) is 156 Å². The summed E-state index contributed by atoms with van der Waals surface area (Å²) in [5, 5.41) is 5.20. The van der Waals surface area contributed by atoms with E-state index in [-0.39, 0.29) is 5.41 Å². The van der Waals surface area contributed by atoms with Crippen molar-refractivity contribution in [1.29, 1.82) is 0 Å². The van der Waals surface area contributed by atoms with Crippen molar-refractivity contribution in [2.75, 3.05) is 4.90 Å². The summed E-state index contributed by atoms with van der Waals surface area (Å²) >= 11 is 0. The van der Waals surface area contributed by atoms with E-state index in [4.69, 9.17) is 9.40 Å². The lowest BCUT2D eigenvalue weighted by atomic mass is 9.73. The fourth-order valence-corrected chi connectivity index (χ4v) is 7.81. The quantitative estimate of drug-likeness (QED) is 0.184. The number of fused-ring (bicyclic) bond motifs is 11. The predicted octanol–water partition coefficient (Wildman–Crippen LogP) is 11.1. The number of aromatic nitrogens is 3. The van der Waals surface area contributed by atoms with Gasteiger partial charge in [0.1, 0.15) is 22.6 Å². The molecule has 6 heteroatoms. The van der Waals surface area contributed by atoms with E-state index < -0.39 is 6.17 Å². The van der Waals surface area contributed by atoms with Gasteiger partial charge < -0.3 is 4.42 Å². The molecule has 5 heterocycles. The molecular weight excluding hydrogens is 595 g/mol. The summed E-state index contributed by atoms with van der Waals surface area (Å²) < 4.78 is 25.3. The number of halogens is 1. The van der Waals surface area contributed by atoms with Gasteiger partial charge in [0, 0.05) is 45.6 Å². The minimum absolute atomic E-state index is 0.385. The van der Waals surface area contributed by atoms with Gasteiger partial charge in [-0.2, -0.15) is 0 Å². The maximum atomic E-state index is 16.9. The summed E-state index contributed by atoms with van der Waals surface area (Å²) in [6.45, 7) is 4.45. The van der Waals surface area contributed by atoms with E-state index in [1.165, 1.54) is 0 Å². The normalized spacial score (nSPS) is 14.6. The van der Waals surface area contributed by atoms with Crippen LogP contribution in [0.25, 0.3) is 49.3 Å². The maximum Gasteiger partial charge on any atom is 0.150 e. The van der Waals surface area contributed by atoms with Crippen molar-refractivity contribution >= 4 is 66.5 Å². The molecular formula is C42H29FN4O. The smallest absolute Gasteiger partial charge is 0.150 e. The SMILES string of the molecule is CC1(C)c2ccc(C(F)c3ccc4c5ccccc5n5ccnc5c4c3)cc2N(c2ccccn2)c2cc3c(cc21)oc1ccccc13. The molecule has 0 saturated heterocycles. The van der Waals surface area contributed by atoms with Crippen molar-refractivity contribution in [2.45, 2.75) is 25.4 Å². The molecule has 5 aromatic carbocycles. The van der Waals surface area contributed by atoms with Gasteiger partial charge in [-0.3, -0.25) is 9.30 Å². The first-order valence-electron chi connectivity index (χ1n) is 16.2. The predicted molar refractivity (Wildman–Crippen MR) is 191 cm³/mol. The number of alkyl halides is 1. The zero-order chi connectivity index (χ0) is 32.1. The Bertz CT molecular complexity index is 2740. The first kappa shape index (κ1) is 27.1. The van der Waals surface area contributed by atoms with Crippen LogP contribution < -0.4 is 4.90 Å². The maximum absolute atomic E-state index is 16.9. The lowest BCUT2D eigenvalue weighted by Crippen LogP contribution is -2.31. The average Bonchev–Trinajstić information content (AvgIpc) is 3.77. The van der Waals surface area contributed by atoms with E-state index in [1.54, 1.807) is 12.4 Å². The van der Waals surface area contributed by atoms with E-state index in [2.05, 4.69) is 64.5 Å². The molecule has 5 nitrogen and oxygen atoms in total. The Kier molecular flexibility index (Phi) is 5.51. The molecule has 1 unspecified atom stereocenters. The molecule has 0 bridgehead atoms. The lowest BCUT2D eigenvalue weighted by Gasteiger charge is -2.41. The number of anilines is 3. The Morgan fingerprint density at radius 3 is 2.27 bits per heavy atom. The second-order valence-corrected chi connectivity index (χ2v) is 13.2. The number of hydrogen-bond donors (Lipinski definition) is 0. The summed E-state index contributed by atoms with van der Waals surface area (Å²) in [4.78, 5) is 11.6. The second-order valence-electron chi connectivity index (χ2n) is 13.2. The highest BCUT2D eigenvalue weighted by atomic mass is 19.1. The fraction of sp³-hybridized carbons (Fsp3) is 0.0952. The number of imidazole rings is 1. The van der Waals surface area contributed by atoms with Crippen LogP contribution in [-0.4, -0.2) is 14.4 Å². The Balaban J connectivity index is 1.17. The van der Waals surface area contributed by atoms with Gasteiger partial charge >= 0.3 is 0 Å². The van der Waals surface area contributed by atoms with E-state index in [1.807, 2.05) is 85.1 Å². The molecule has 48 heavy (non-hydrogen) atoms. The number of benzene rings is 5. The molecule has 230 valence electrons. The molecule has 1 aliphatic heterocycles. The molecule has 0 N–H and O–H groups in total. The fourth-order valence-electron chi connectivity index (χ4n) is 7.81. The standard InChI is InChI=1S/C42H29FN4O/c1-42(2)32-17-15-26(40(43)25-14-16-27-28-9-3-5-11-34(28)46-20-19-45-41(46)31(27)21-25)22-35(32)47(39-13-7-8-18-44-39)36-23-30-29-10-4-6-12-37(29)48-38(30)24-33(36)42/h3-24,40H,1-2H3. The van der Waals surface area contributed by atoms with Crippen molar-refractivity contribution < 1.29 is 8.81 Å². The number of hydrogen-bond acceptors (Lipinski definition) is 4. The zero-order valence-electron chi connectivity index (χ0n) is 26.4. The number of furan rings is 1. The van der Waals surface area contributed by atoms with Crippen molar-refractivity contribution in [2.24, 2.45) is 0 Å². The molecule has 0 radical (unpaired) electrons. The van der Waals surface area contributed by atoms with Crippen molar-refractivity contribution in [3.8, 4) is 0 Å². The van der Waals surface area contributed by atoms with Crippen LogP contribution in [0.4, 0.5) is 21.6 Å². The van der Waals surface area contributed by atoms with Crippen LogP contribution >= 0.6 is 0 Å². The summed E-state index contributed by atoms with van der Waals surface area (Å²) in [5.41, 5.74) is 8.55. The van der Waals surface area contributed by atoms with Crippen LogP contribution in [0.2, 0.25) is 0 Å². The Morgan fingerprint density at radius 2 is 1.40 bits per heavy atom. The molecule has 0 aliphatic carbocycles. The third kappa shape index (κ3) is 3.71. The Hall–Kier alpha value is -6.01. The zero-order valence-corrected chi connectivity index (χ0v) is 26.4. The van der Waals surface area contributed by atoms with Gasteiger partial charge in [0.15, 0.2) is 6.17 Å². The Labute approximate surface area is 275 Å². The third-order valence-electron chi connectivity index (χ3n) is 10.2. The van der Waals surface area contributed by atoms with E-state index in [0.29, 0.717) is 11.1 Å². The van der Waals surface area contributed by atoms with Gasteiger partial charge in [-0.15, -0.1) is 0 Å². The monoisotopic (exact) mass is 624 g/mol. The molecule has 0 amide bonds. The summed E-state index contributed by atoms with van der Waals surface area (Å²) in [6.07, 6.45) is 4.22. The third-order valence-corrected chi connectivity index (χ3v) is 10.2. The summed E-state index contributed by atoms with van der Waals surface area (Å²) in [7, 11) is 0. The molecule has 0 saturated carbocycles. The molecule has 0 spiro atoms. The van der Waals surface area contributed by atoms with Gasteiger partial charge in [-0.25, -0.2) is 14.4 Å². The van der Waals surface area contributed by atoms with Crippen molar-refractivity contribution in [3.63, 3.8) is 0 Å². The van der Waals surface area contributed by atoms with E-state index in [0.717, 1.165) is 77.6 Å². The average molecular weight is 625 g/mol. The Morgan fingerprint density at radius 1 is 0.625 bits per heavy atom. The minimum atomic E-state index is -1.35. The largest absolute Gasteiger partial charge is 0.456 e. The van der Waals surface area contributed by atoms with E-state index >= 15 is 4.39 Å². The first-order chi connectivity index (χ1) is 23.5. The van der Waals surface area contributed by atoms with Gasteiger partial charge in [0.25, 0.3) is 0 Å². The van der Waals surface area contributed by atoms with Gasteiger partial charge in [0.05, 0.1) is 16.9 Å². The molecule has 4 aromatic heterocycles. The van der Waals surface area contributed by atoms with Crippen LogP contribution in [0.5, 0.6) is 0 Å². The van der Waals surface area contributed by atoms with Crippen LogP contribution in [0, 0.1) is 0 Å². The van der Waals surface area contributed by atoms with Gasteiger partial charge in [-0.05, 0) is 76.2 Å². The summed E-state index contributed by atoms with van der Waals surface area (Å²) in [5.74, 6) is 0.773. The minimum Gasteiger partial charge on any atom is -0.456 e. The van der Waals surface area contributed by atoms with E-state index in [9.17, 15) is 0 Å². The van der Waals surface area contributed by atoms with Gasteiger partial charge in [0.2, 0.25) is 0 Å². The molecule has 1 atom stereocenters. The highest BCUT2D eigenvalue weighted by Gasteiger charge is 2.39. The molecule has 10 rings (SSSR count). The molecule has 9 aromatic rings. The molecule has 0 fully saturated rings. The highest BCUT2D eigenvalue weighted by molar-refractivity contribution is 6.12. The highest BCUT2D eigenvalue weighted by Crippen LogP contribution is 2.54. The van der Waals surface area contributed by atoms with Crippen LogP contribution in [-0.2, 0) is 5.41 Å². The van der Waals surface area contributed by atoms with Gasteiger partial charge in [-0.1, -0.05) is 80.6 Å². The molecule has 1 aliphatic rings. The van der Waals surface area contributed by atoms with Crippen LogP contribution in [0.15, 0.2) is 138 Å². The second kappa shape index (κ2) is 9.75. The lowest BCUT2D eigenvalue weighted by molar-refractivity contribution is 0.402. The van der Waals surface area contributed by atoms with Crippen LogP contribution in [0.3, 0.4) is 0 Å². The number of pyridine rings is 2. The first-order valence-corrected chi connectivity index (χ1v) is 16.2. The number of nitrogens with zero attached hydrogens (tertiary/aromatic N) is 4. The van der Waals surface area contributed by atoms with Crippen molar-refractivity contribution in [1.82, 2.24) is 14.4 Å². The summed E-state index contributed by atoms with van der Waals surface area (Å²) in [6, 6.07) is 38.6. The van der Waals surface area contributed by atoms with Crippen LogP contribution in [0.1, 0.15) is 42.3 Å². The number of rotatable bonds is 3. The topological polar surface area (TPSA) is 46.6 Å².